The number of hydrogen-bond acceptors (Lipinski definition) is 4. The minimum atomic E-state index is -0.940. The lowest BCUT2D eigenvalue weighted by atomic mass is 9.96. The molecule has 0 radical (unpaired) electrons. The number of carbonyl (C=O) groups excluding carboxylic acids is 1. The molecule has 1 aromatic carbocycles. The van der Waals surface area contributed by atoms with E-state index in [9.17, 15) is 14.7 Å². The summed E-state index contributed by atoms with van der Waals surface area (Å²) in [7, 11) is 0. The average Bonchev–Trinajstić information content (AvgIpc) is 3.22. The lowest BCUT2D eigenvalue weighted by Crippen LogP contribution is -2.30. The van der Waals surface area contributed by atoms with Crippen LogP contribution >= 0.6 is 0 Å². The molecule has 2 aromatic rings. The number of aromatic amines is 1. The molecule has 1 saturated heterocycles. The van der Waals surface area contributed by atoms with E-state index in [4.69, 9.17) is 4.74 Å². The van der Waals surface area contributed by atoms with E-state index in [1.165, 1.54) is 4.90 Å². The number of benzene rings is 1. The van der Waals surface area contributed by atoms with E-state index in [-0.39, 0.29) is 25.6 Å². The number of ether oxygens (including phenoxy) is 1. The zero-order chi connectivity index (χ0) is 16.2. The predicted molar refractivity (Wildman–Crippen MR) is 80.7 cm³/mol. The summed E-state index contributed by atoms with van der Waals surface area (Å²) in [6.07, 6.45) is 2.71. The number of hydrogen-bond donors (Lipinski definition) is 2. The highest BCUT2D eigenvalue weighted by molar-refractivity contribution is 5.75. The molecule has 2 N–H and O–H groups in total. The molecule has 7 heteroatoms. The van der Waals surface area contributed by atoms with Gasteiger partial charge >= 0.3 is 12.1 Å². The van der Waals surface area contributed by atoms with E-state index in [0.717, 1.165) is 5.56 Å². The van der Waals surface area contributed by atoms with Gasteiger partial charge in [0, 0.05) is 31.4 Å². The molecule has 0 spiro atoms. The Morgan fingerprint density at radius 2 is 2.09 bits per heavy atom. The fourth-order valence-electron chi connectivity index (χ4n) is 2.77. The van der Waals surface area contributed by atoms with Gasteiger partial charge in [0.05, 0.1) is 5.92 Å². The van der Waals surface area contributed by atoms with Crippen LogP contribution in [0.2, 0.25) is 0 Å². The van der Waals surface area contributed by atoms with Gasteiger partial charge < -0.3 is 19.7 Å². The molecule has 1 amide bonds. The van der Waals surface area contributed by atoms with Gasteiger partial charge in [-0.25, -0.2) is 9.78 Å². The van der Waals surface area contributed by atoms with Crippen molar-refractivity contribution in [2.45, 2.75) is 12.5 Å². The maximum Gasteiger partial charge on any atom is 0.410 e. The van der Waals surface area contributed by atoms with Crippen molar-refractivity contribution >= 4 is 12.1 Å². The largest absolute Gasteiger partial charge is 0.481 e. The van der Waals surface area contributed by atoms with Gasteiger partial charge in [0.25, 0.3) is 0 Å². The second-order valence-corrected chi connectivity index (χ2v) is 5.47. The summed E-state index contributed by atoms with van der Waals surface area (Å²) in [6.45, 7) is 0.561. The van der Waals surface area contributed by atoms with Crippen LogP contribution in [0.15, 0.2) is 42.7 Å². The minimum Gasteiger partial charge on any atom is -0.481 e. The number of nitrogens with one attached hydrogen (secondary N) is 1. The molecule has 1 fully saturated rings. The molecule has 2 heterocycles. The van der Waals surface area contributed by atoms with Crippen molar-refractivity contribution in [1.29, 1.82) is 0 Å². The van der Waals surface area contributed by atoms with E-state index in [1.54, 1.807) is 12.4 Å². The number of aromatic nitrogens is 2. The number of likely N-dealkylation sites (tertiary alicyclic amines) is 1. The van der Waals surface area contributed by atoms with Crippen molar-refractivity contribution in [3.8, 4) is 0 Å². The lowest BCUT2D eigenvalue weighted by Gasteiger charge is -2.15. The SMILES string of the molecule is O=C(O)C1CN(C(=O)OCc2ccccc2)CC1c1ncc[nH]1. The number of nitrogens with zero attached hydrogens (tertiary/aromatic N) is 2. The Bertz CT molecular complexity index is 672. The van der Waals surface area contributed by atoms with Gasteiger partial charge in [0.15, 0.2) is 0 Å². The molecule has 0 bridgehead atoms. The van der Waals surface area contributed by atoms with Crippen LogP contribution in [0.5, 0.6) is 0 Å². The topological polar surface area (TPSA) is 95.5 Å². The Hall–Kier alpha value is -2.83. The highest BCUT2D eigenvalue weighted by Crippen LogP contribution is 2.31. The van der Waals surface area contributed by atoms with Gasteiger partial charge in [-0.1, -0.05) is 30.3 Å². The van der Waals surface area contributed by atoms with Crippen LogP contribution < -0.4 is 0 Å². The van der Waals surface area contributed by atoms with E-state index < -0.39 is 18.0 Å². The third-order valence-corrected chi connectivity index (χ3v) is 3.97. The van der Waals surface area contributed by atoms with Crippen molar-refractivity contribution in [2.75, 3.05) is 13.1 Å². The Labute approximate surface area is 132 Å². The first kappa shape index (κ1) is 15.1. The number of imidazole rings is 1. The summed E-state index contributed by atoms with van der Waals surface area (Å²) in [5.74, 6) is -1.40. The fraction of sp³-hybridized carbons (Fsp3) is 0.312. The highest BCUT2D eigenvalue weighted by atomic mass is 16.6. The van der Waals surface area contributed by atoms with Crippen molar-refractivity contribution in [3.05, 3.63) is 54.1 Å². The molecule has 1 aliphatic rings. The standard InChI is InChI=1S/C16H17N3O4/c20-15(21)13-9-19(8-12(13)14-17-6-7-18-14)16(22)23-10-11-4-2-1-3-5-11/h1-7,12-13H,8-10H2,(H,17,18)(H,20,21). The molecule has 3 rings (SSSR count). The number of amides is 1. The summed E-state index contributed by atoms with van der Waals surface area (Å²) >= 11 is 0. The number of carbonyl (C=O) groups is 2. The number of rotatable bonds is 4. The first-order valence-electron chi connectivity index (χ1n) is 7.33. The average molecular weight is 315 g/mol. The van der Waals surface area contributed by atoms with Gasteiger partial charge in [-0.05, 0) is 5.56 Å². The van der Waals surface area contributed by atoms with Crippen LogP contribution in [0.4, 0.5) is 4.79 Å². The van der Waals surface area contributed by atoms with Crippen LogP contribution in [0, 0.1) is 5.92 Å². The molecule has 1 aromatic heterocycles. The molecule has 2 unspecified atom stereocenters. The van der Waals surface area contributed by atoms with Gasteiger partial charge in [0.1, 0.15) is 12.4 Å². The summed E-state index contributed by atoms with van der Waals surface area (Å²) in [5.41, 5.74) is 0.886. The Morgan fingerprint density at radius 3 is 2.74 bits per heavy atom. The third kappa shape index (κ3) is 3.33. The van der Waals surface area contributed by atoms with Gasteiger partial charge in [-0.2, -0.15) is 0 Å². The summed E-state index contributed by atoms with van der Waals surface area (Å²) in [4.78, 5) is 32.1. The number of aliphatic carboxylic acids is 1. The quantitative estimate of drug-likeness (QED) is 0.897. The van der Waals surface area contributed by atoms with Crippen LogP contribution in [0.3, 0.4) is 0 Å². The molecule has 2 atom stereocenters. The van der Waals surface area contributed by atoms with Crippen molar-refractivity contribution in [1.82, 2.24) is 14.9 Å². The smallest absolute Gasteiger partial charge is 0.410 e. The molecule has 120 valence electrons. The second-order valence-electron chi connectivity index (χ2n) is 5.47. The maximum absolute atomic E-state index is 12.2. The van der Waals surface area contributed by atoms with E-state index in [0.29, 0.717) is 5.82 Å². The van der Waals surface area contributed by atoms with Crippen LogP contribution in [0.1, 0.15) is 17.3 Å². The molecule has 23 heavy (non-hydrogen) atoms. The van der Waals surface area contributed by atoms with Crippen molar-refractivity contribution in [3.63, 3.8) is 0 Å². The van der Waals surface area contributed by atoms with Crippen molar-refractivity contribution < 1.29 is 19.4 Å². The Morgan fingerprint density at radius 1 is 1.30 bits per heavy atom. The number of H-pyrrole nitrogens is 1. The van der Waals surface area contributed by atoms with E-state index in [1.807, 2.05) is 30.3 Å². The van der Waals surface area contributed by atoms with Gasteiger partial charge in [0.2, 0.25) is 0 Å². The normalized spacial score (nSPS) is 20.4. The zero-order valence-electron chi connectivity index (χ0n) is 12.4. The molecule has 0 saturated carbocycles. The maximum atomic E-state index is 12.2. The van der Waals surface area contributed by atoms with Crippen LogP contribution in [0.25, 0.3) is 0 Å². The first-order chi connectivity index (χ1) is 11.1. The minimum absolute atomic E-state index is 0.119. The Balaban J connectivity index is 1.64. The Kier molecular flexibility index (Phi) is 4.27. The number of carboxylic acids is 1. The van der Waals surface area contributed by atoms with Gasteiger partial charge in [-0.3, -0.25) is 4.79 Å². The first-order valence-corrected chi connectivity index (χ1v) is 7.33. The zero-order valence-corrected chi connectivity index (χ0v) is 12.4. The summed E-state index contributed by atoms with van der Waals surface area (Å²) in [6, 6.07) is 9.35. The monoisotopic (exact) mass is 315 g/mol. The van der Waals surface area contributed by atoms with E-state index >= 15 is 0 Å². The summed E-state index contributed by atoms with van der Waals surface area (Å²) in [5, 5.41) is 9.37. The molecule has 7 nitrogen and oxygen atoms in total. The van der Waals surface area contributed by atoms with Crippen LogP contribution in [-0.2, 0) is 16.1 Å². The summed E-state index contributed by atoms with van der Waals surface area (Å²) < 4.78 is 5.27. The van der Waals surface area contributed by atoms with Gasteiger partial charge in [-0.15, -0.1) is 0 Å². The molecule has 0 aliphatic carbocycles. The van der Waals surface area contributed by atoms with Crippen LogP contribution in [-0.4, -0.2) is 45.1 Å². The van der Waals surface area contributed by atoms with Crippen molar-refractivity contribution in [2.24, 2.45) is 5.92 Å². The second kappa shape index (κ2) is 6.51. The highest BCUT2D eigenvalue weighted by Gasteiger charge is 2.42. The lowest BCUT2D eigenvalue weighted by molar-refractivity contribution is -0.141. The van der Waals surface area contributed by atoms with E-state index in [2.05, 4.69) is 9.97 Å². The number of carboxylic acid groups (broad SMARTS) is 1. The predicted octanol–water partition coefficient (Wildman–Crippen LogP) is 1.85. The molecular formula is C16H17N3O4. The molecular weight excluding hydrogens is 298 g/mol. The fourth-order valence-corrected chi connectivity index (χ4v) is 2.77. The third-order valence-electron chi connectivity index (χ3n) is 3.97. The molecule has 1 aliphatic heterocycles.